The molecule has 0 radical (unpaired) electrons. The number of carboxylic acid groups (broad SMARTS) is 1. The van der Waals surface area contributed by atoms with Gasteiger partial charge < -0.3 is 36.3 Å². The second-order valence-electron chi connectivity index (χ2n) is 12.3. The Balaban J connectivity index is 1.27. The molecular weight excluding hydrogens is 648 g/mol. The van der Waals surface area contributed by atoms with Gasteiger partial charge in [0.15, 0.2) is 0 Å². The lowest BCUT2D eigenvalue weighted by Gasteiger charge is -2.23. The van der Waals surface area contributed by atoms with Crippen molar-refractivity contribution in [3.63, 3.8) is 0 Å². The lowest BCUT2D eigenvalue weighted by atomic mass is 9.97. The lowest BCUT2D eigenvalue weighted by molar-refractivity contribution is -0.142. The van der Waals surface area contributed by atoms with Gasteiger partial charge in [0.2, 0.25) is 24.5 Å². The van der Waals surface area contributed by atoms with Crippen LogP contribution in [0.2, 0.25) is 0 Å². The van der Waals surface area contributed by atoms with Crippen LogP contribution in [-0.2, 0) is 36.8 Å². The summed E-state index contributed by atoms with van der Waals surface area (Å²) in [7, 11) is 0. The summed E-state index contributed by atoms with van der Waals surface area (Å²) in [5.74, 6) is -2.21. The van der Waals surface area contributed by atoms with Crippen molar-refractivity contribution in [3.05, 3.63) is 127 Å². The molecular formula is C40H46N4O7. The zero-order valence-electron chi connectivity index (χ0n) is 28.8. The minimum absolute atomic E-state index is 0.0657. The highest BCUT2D eigenvalue weighted by atomic mass is 16.7. The van der Waals surface area contributed by atoms with E-state index >= 15 is 0 Å². The molecule has 0 saturated heterocycles. The molecule has 0 aliphatic rings. The van der Waals surface area contributed by atoms with E-state index in [4.69, 9.17) is 15.2 Å². The van der Waals surface area contributed by atoms with Crippen molar-refractivity contribution in [1.29, 1.82) is 0 Å². The van der Waals surface area contributed by atoms with Gasteiger partial charge in [-0.1, -0.05) is 91.5 Å². The van der Waals surface area contributed by atoms with Gasteiger partial charge in [-0.15, -0.1) is 0 Å². The number of amides is 3. The minimum Gasteiger partial charge on any atom is -0.480 e. The Hall–Kier alpha value is -5.68. The SMILES string of the molecule is C=COCOc1ccc2cc([C@H](C)C(=O)NCCCC[C@@H](NC(=O)[C@@H](Cc3ccccc3)NC(=O)[C@H](N)Cc3ccccc3)C(=O)O)ccc2c1. The summed E-state index contributed by atoms with van der Waals surface area (Å²) in [6.07, 6.45) is 2.83. The van der Waals surface area contributed by atoms with E-state index in [1.54, 1.807) is 0 Å². The molecule has 11 nitrogen and oxygen atoms in total. The van der Waals surface area contributed by atoms with E-state index in [1.165, 1.54) is 6.26 Å². The van der Waals surface area contributed by atoms with Crippen LogP contribution in [0.5, 0.6) is 5.75 Å². The van der Waals surface area contributed by atoms with Gasteiger partial charge in [-0.3, -0.25) is 14.4 Å². The van der Waals surface area contributed by atoms with Gasteiger partial charge in [-0.05, 0) is 72.2 Å². The number of carbonyl (C=O) groups excluding carboxylic acids is 3. The van der Waals surface area contributed by atoms with E-state index in [0.29, 0.717) is 25.1 Å². The Kier molecular flexibility index (Phi) is 14.6. The summed E-state index contributed by atoms with van der Waals surface area (Å²) in [5.41, 5.74) is 8.71. The molecule has 4 rings (SSSR count). The number of nitrogens with two attached hydrogens (primary N) is 1. The van der Waals surface area contributed by atoms with Gasteiger partial charge in [-0.2, -0.15) is 0 Å². The molecule has 268 valence electrons. The third-order valence-electron chi connectivity index (χ3n) is 8.52. The van der Waals surface area contributed by atoms with Crippen molar-refractivity contribution in [2.45, 2.75) is 63.1 Å². The van der Waals surface area contributed by atoms with Crippen LogP contribution in [-0.4, -0.2) is 60.3 Å². The fraction of sp³-hybridized carbons (Fsp3) is 0.300. The second-order valence-corrected chi connectivity index (χ2v) is 12.3. The molecule has 6 N–H and O–H groups in total. The molecule has 0 heterocycles. The van der Waals surface area contributed by atoms with Crippen LogP contribution in [0, 0.1) is 0 Å². The number of carbonyl (C=O) groups is 4. The van der Waals surface area contributed by atoms with Crippen LogP contribution < -0.4 is 26.4 Å². The standard InChI is InChI=1S/C40H46N4O7/c1-3-50-26-51-33-20-19-31-24-30(17-18-32(31)25-33)27(2)37(45)42-21-11-10-16-35(40(48)49)43-39(47)36(23-29-14-8-5-9-15-29)44-38(46)34(41)22-28-12-6-4-7-13-28/h3-9,12-15,17-20,24-25,27,34-36H,1,10-11,16,21-23,26,41H2,2H3,(H,42,45)(H,43,47)(H,44,46)(H,48,49)/t27-,34+,35+,36+/m0/s1. The van der Waals surface area contributed by atoms with Crippen LogP contribution in [0.4, 0.5) is 0 Å². The molecule has 4 atom stereocenters. The highest BCUT2D eigenvalue weighted by molar-refractivity contribution is 5.92. The molecule has 0 bridgehead atoms. The number of unbranched alkanes of at least 4 members (excludes halogenated alkanes) is 1. The predicted octanol–water partition coefficient (Wildman–Crippen LogP) is 4.59. The Morgan fingerprint density at radius 1 is 0.784 bits per heavy atom. The van der Waals surface area contributed by atoms with Crippen molar-refractivity contribution in [1.82, 2.24) is 16.0 Å². The Labute approximate surface area is 298 Å². The number of carboxylic acids is 1. The molecule has 4 aromatic rings. The number of ether oxygens (including phenoxy) is 2. The van der Waals surface area contributed by atoms with Crippen molar-refractivity contribution >= 4 is 34.5 Å². The van der Waals surface area contributed by atoms with Crippen molar-refractivity contribution in [2.24, 2.45) is 5.73 Å². The van der Waals surface area contributed by atoms with Gasteiger partial charge in [0.05, 0.1) is 18.2 Å². The van der Waals surface area contributed by atoms with Gasteiger partial charge in [0.25, 0.3) is 0 Å². The van der Waals surface area contributed by atoms with E-state index < -0.39 is 41.8 Å². The predicted molar refractivity (Wildman–Crippen MR) is 196 cm³/mol. The molecule has 3 amide bonds. The summed E-state index contributed by atoms with van der Waals surface area (Å²) >= 11 is 0. The number of benzene rings is 4. The Morgan fingerprint density at radius 3 is 2.08 bits per heavy atom. The second kappa shape index (κ2) is 19.5. The van der Waals surface area contributed by atoms with Gasteiger partial charge in [0.1, 0.15) is 17.8 Å². The number of hydrogen-bond acceptors (Lipinski definition) is 7. The Morgan fingerprint density at radius 2 is 1.41 bits per heavy atom. The molecule has 0 aliphatic carbocycles. The molecule has 0 unspecified atom stereocenters. The Bertz CT molecular complexity index is 1770. The zero-order valence-corrected chi connectivity index (χ0v) is 28.8. The van der Waals surface area contributed by atoms with Gasteiger partial charge >= 0.3 is 5.97 Å². The number of fused-ring (bicyclic) bond motifs is 1. The summed E-state index contributed by atoms with van der Waals surface area (Å²) in [6, 6.07) is 26.8. The zero-order chi connectivity index (χ0) is 36.6. The number of hydrogen-bond donors (Lipinski definition) is 5. The largest absolute Gasteiger partial charge is 0.480 e. The van der Waals surface area contributed by atoms with E-state index in [9.17, 15) is 24.3 Å². The van der Waals surface area contributed by atoms with E-state index in [-0.39, 0.29) is 32.0 Å². The van der Waals surface area contributed by atoms with Crippen molar-refractivity contribution in [2.75, 3.05) is 13.3 Å². The van der Waals surface area contributed by atoms with Crippen molar-refractivity contribution in [3.8, 4) is 5.75 Å². The van der Waals surface area contributed by atoms with E-state index in [1.807, 2.05) is 104 Å². The molecule has 0 aromatic heterocycles. The first-order chi connectivity index (χ1) is 24.6. The third-order valence-corrected chi connectivity index (χ3v) is 8.52. The maximum absolute atomic E-state index is 13.4. The molecule has 51 heavy (non-hydrogen) atoms. The van der Waals surface area contributed by atoms with Crippen molar-refractivity contribution < 1.29 is 33.8 Å². The lowest BCUT2D eigenvalue weighted by Crippen LogP contribution is -2.55. The highest BCUT2D eigenvalue weighted by Gasteiger charge is 2.28. The number of aliphatic carboxylic acids is 1. The molecule has 4 aromatic carbocycles. The van der Waals surface area contributed by atoms with E-state index in [0.717, 1.165) is 27.5 Å². The van der Waals surface area contributed by atoms with Crippen LogP contribution in [0.3, 0.4) is 0 Å². The maximum Gasteiger partial charge on any atom is 0.326 e. The summed E-state index contributed by atoms with van der Waals surface area (Å²) in [5, 5.41) is 20.1. The quantitative estimate of drug-likeness (QED) is 0.0509. The van der Waals surface area contributed by atoms with Crippen LogP contribution in [0.1, 0.15) is 48.8 Å². The minimum atomic E-state index is -1.19. The smallest absolute Gasteiger partial charge is 0.326 e. The van der Waals surface area contributed by atoms with Gasteiger partial charge in [-0.25, -0.2) is 4.79 Å². The normalized spacial score (nSPS) is 13.2. The molecule has 0 aliphatic heterocycles. The van der Waals surface area contributed by atoms with Crippen LogP contribution >= 0.6 is 0 Å². The summed E-state index contributed by atoms with van der Waals surface area (Å²) in [6.45, 7) is 5.72. The van der Waals surface area contributed by atoms with Crippen LogP contribution in [0.25, 0.3) is 10.8 Å². The summed E-state index contributed by atoms with van der Waals surface area (Å²) < 4.78 is 10.5. The molecule has 0 fully saturated rings. The average Bonchev–Trinajstić information content (AvgIpc) is 3.14. The van der Waals surface area contributed by atoms with Crippen LogP contribution in [0.15, 0.2) is 110 Å². The fourth-order valence-corrected chi connectivity index (χ4v) is 5.57. The molecule has 0 spiro atoms. The van der Waals surface area contributed by atoms with Gasteiger partial charge in [0, 0.05) is 13.0 Å². The topological polar surface area (TPSA) is 169 Å². The number of nitrogens with one attached hydrogen (secondary N) is 3. The molecule has 0 saturated carbocycles. The highest BCUT2D eigenvalue weighted by Crippen LogP contribution is 2.25. The third kappa shape index (κ3) is 12.0. The monoisotopic (exact) mass is 694 g/mol. The molecule has 11 heteroatoms. The fourth-order valence-electron chi connectivity index (χ4n) is 5.57. The number of rotatable bonds is 20. The van der Waals surface area contributed by atoms with E-state index in [2.05, 4.69) is 22.5 Å². The summed E-state index contributed by atoms with van der Waals surface area (Å²) in [4.78, 5) is 51.5. The maximum atomic E-state index is 13.4. The first kappa shape index (κ1) is 38.1. The first-order valence-electron chi connectivity index (χ1n) is 17.0. The first-order valence-corrected chi connectivity index (χ1v) is 17.0. The average molecular weight is 695 g/mol.